The molecular formula is C17H19N5. The van der Waals surface area contributed by atoms with E-state index in [0.717, 1.165) is 22.9 Å². The van der Waals surface area contributed by atoms with Gasteiger partial charge >= 0.3 is 0 Å². The Morgan fingerprint density at radius 2 is 1.73 bits per heavy atom. The standard InChI is InChI=1S/C17H19N5/c1-3-7-13(8-4-1)15-11-12-16-19-20-17(22(16)21-15)18-14-9-5-2-6-10-14/h1,3-4,7-8,11-12,14H,2,5-6,9-10H2,(H,18,20). The molecule has 5 nitrogen and oxygen atoms in total. The fourth-order valence-corrected chi connectivity index (χ4v) is 3.07. The molecule has 4 rings (SSSR count). The highest BCUT2D eigenvalue weighted by Crippen LogP contribution is 2.22. The molecule has 1 aromatic carbocycles. The summed E-state index contributed by atoms with van der Waals surface area (Å²) in [5.74, 6) is 0.750. The molecule has 0 aliphatic heterocycles. The first kappa shape index (κ1) is 13.2. The molecule has 5 heteroatoms. The zero-order valence-electron chi connectivity index (χ0n) is 12.4. The van der Waals surface area contributed by atoms with Crippen LogP contribution in [0.3, 0.4) is 0 Å². The van der Waals surface area contributed by atoms with Crippen LogP contribution in [0.15, 0.2) is 42.5 Å². The fourth-order valence-electron chi connectivity index (χ4n) is 3.07. The summed E-state index contributed by atoms with van der Waals surface area (Å²) in [5.41, 5.74) is 2.80. The first-order chi connectivity index (χ1) is 10.9. The Bertz CT molecular complexity index is 759. The Morgan fingerprint density at radius 1 is 0.909 bits per heavy atom. The van der Waals surface area contributed by atoms with Gasteiger partial charge in [0.1, 0.15) is 0 Å². The number of nitrogens with one attached hydrogen (secondary N) is 1. The maximum atomic E-state index is 4.70. The van der Waals surface area contributed by atoms with Crippen molar-refractivity contribution in [3.05, 3.63) is 42.5 Å². The van der Waals surface area contributed by atoms with Crippen molar-refractivity contribution in [1.82, 2.24) is 19.8 Å². The minimum Gasteiger partial charge on any atom is -0.350 e. The second-order valence-corrected chi connectivity index (χ2v) is 5.86. The number of aromatic nitrogens is 4. The molecule has 1 N–H and O–H groups in total. The van der Waals surface area contributed by atoms with Crippen LogP contribution in [0.2, 0.25) is 0 Å². The van der Waals surface area contributed by atoms with Crippen molar-refractivity contribution in [2.75, 3.05) is 5.32 Å². The van der Waals surface area contributed by atoms with Gasteiger partial charge in [-0.1, -0.05) is 49.6 Å². The minimum atomic E-state index is 0.489. The van der Waals surface area contributed by atoms with Crippen LogP contribution in [0, 0.1) is 0 Å². The Morgan fingerprint density at radius 3 is 2.55 bits per heavy atom. The number of nitrogens with zero attached hydrogens (tertiary/aromatic N) is 4. The Balaban J connectivity index is 1.67. The smallest absolute Gasteiger partial charge is 0.246 e. The van der Waals surface area contributed by atoms with Crippen LogP contribution in [-0.2, 0) is 0 Å². The maximum absolute atomic E-state index is 4.70. The second-order valence-electron chi connectivity index (χ2n) is 5.86. The van der Waals surface area contributed by atoms with E-state index in [-0.39, 0.29) is 0 Å². The summed E-state index contributed by atoms with van der Waals surface area (Å²) in [7, 11) is 0. The number of fused-ring (bicyclic) bond motifs is 1. The van der Waals surface area contributed by atoms with Gasteiger partial charge in [0.2, 0.25) is 5.95 Å². The van der Waals surface area contributed by atoms with E-state index in [4.69, 9.17) is 5.10 Å². The van der Waals surface area contributed by atoms with E-state index < -0.39 is 0 Å². The molecule has 22 heavy (non-hydrogen) atoms. The summed E-state index contributed by atoms with van der Waals surface area (Å²) >= 11 is 0. The van der Waals surface area contributed by atoms with E-state index in [1.54, 1.807) is 0 Å². The predicted molar refractivity (Wildman–Crippen MR) is 86.7 cm³/mol. The molecule has 0 bridgehead atoms. The molecule has 1 fully saturated rings. The van der Waals surface area contributed by atoms with Gasteiger partial charge in [-0.25, -0.2) is 0 Å². The van der Waals surface area contributed by atoms with Gasteiger partial charge in [-0.3, -0.25) is 0 Å². The molecule has 112 valence electrons. The van der Waals surface area contributed by atoms with Crippen molar-refractivity contribution in [3.63, 3.8) is 0 Å². The lowest BCUT2D eigenvalue weighted by atomic mass is 9.96. The van der Waals surface area contributed by atoms with Crippen LogP contribution in [0.5, 0.6) is 0 Å². The lowest BCUT2D eigenvalue weighted by molar-refractivity contribution is 0.460. The third kappa shape index (κ3) is 2.54. The average molecular weight is 293 g/mol. The van der Waals surface area contributed by atoms with Crippen LogP contribution in [0.4, 0.5) is 5.95 Å². The van der Waals surface area contributed by atoms with Gasteiger partial charge in [0, 0.05) is 11.6 Å². The normalized spacial score (nSPS) is 16.0. The van der Waals surface area contributed by atoms with Crippen LogP contribution >= 0.6 is 0 Å². The molecule has 0 unspecified atom stereocenters. The molecule has 0 saturated heterocycles. The van der Waals surface area contributed by atoms with Crippen molar-refractivity contribution in [2.24, 2.45) is 0 Å². The summed E-state index contributed by atoms with van der Waals surface area (Å²) < 4.78 is 1.82. The van der Waals surface area contributed by atoms with Crippen LogP contribution in [-0.4, -0.2) is 25.9 Å². The molecule has 0 spiro atoms. The molecule has 0 atom stereocenters. The molecule has 0 radical (unpaired) electrons. The first-order valence-electron chi connectivity index (χ1n) is 7.94. The molecule has 2 aromatic heterocycles. The minimum absolute atomic E-state index is 0.489. The van der Waals surface area contributed by atoms with Crippen molar-refractivity contribution in [1.29, 1.82) is 0 Å². The average Bonchev–Trinajstić information content (AvgIpc) is 2.99. The van der Waals surface area contributed by atoms with Crippen LogP contribution in [0.1, 0.15) is 32.1 Å². The number of rotatable bonds is 3. The van der Waals surface area contributed by atoms with Gasteiger partial charge in [0.25, 0.3) is 0 Å². The fraction of sp³-hybridized carbons (Fsp3) is 0.353. The molecule has 2 heterocycles. The van der Waals surface area contributed by atoms with Crippen molar-refractivity contribution < 1.29 is 0 Å². The zero-order chi connectivity index (χ0) is 14.8. The van der Waals surface area contributed by atoms with E-state index >= 15 is 0 Å². The van der Waals surface area contributed by atoms with Crippen LogP contribution in [0.25, 0.3) is 16.9 Å². The van der Waals surface area contributed by atoms with Gasteiger partial charge in [-0.05, 0) is 25.0 Å². The highest BCUT2D eigenvalue weighted by Gasteiger charge is 2.16. The first-order valence-corrected chi connectivity index (χ1v) is 7.94. The summed E-state index contributed by atoms with van der Waals surface area (Å²) in [6.07, 6.45) is 6.32. The zero-order valence-corrected chi connectivity index (χ0v) is 12.4. The van der Waals surface area contributed by atoms with Gasteiger partial charge < -0.3 is 5.32 Å². The van der Waals surface area contributed by atoms with E-state index in [1.165, 1.54) is 32.1 Å². The Labute approximate surface area is 129 Å². The molecule has 3 aromatic rings. The van der Waals surface area contributed by atoms with Crippen LogP contribution < -0.4 is 5.32 Å². The number of benzene rings is 1. The van der Waals surface area contributed by atoms with Gasteiger partial charge in [-0.15, -0.1) is 10.2 Å². The van der Waals surface area contributed by atoms with Gasteiger partial charge in [-0.2, -0.15) is 9.61 Å². The van der Waals surface area contributed by atoms with Crippen molar-refractivity contribution >= 4 is 11.6 Å². The third-order valence-corrected chi connectivity index (χ3v) is 4.27. The van der Waals surface area contributed by atoms with E-state index in [9.17, 15) is 0 Å². The Hall–Kier alpha value is -2.43. The number of anilines is 1. The number of hydrogen-bond acceptors (Lipinski definition) is 4. The van der Waals surface area contributed by atoms with Gasteiger partial charge in [0.05, 0.1) is 5.69 Å². The van der Waals surface area contributed by atoms with E-state index in [2.05, 4.69) is 27.6 Å². The predicted octanol–water partition coefficient (Wildman–Crippen LogP) is 3.54. The van der Waals surface area contributed by atoms with E-state index in [1.807, 2.05) is 34.8 Å². The van der Waals surface area contributed by atoms with Crippen molar-refractivity contribution in [2.45, 2.75) is 38.1 Å². The van der Waals surface area contributed by atoms with E-state index in [0.29, 0.717) is 6.04 Å². The monoisotopic (exact) mass is 293 g/mol. The summed E-state index contributed by atoms with van der Waals surface area (Å²) in [6.45, 7) is 0. The highest BCUT2D eigenvalue weighted by atomic mass is 15.4. The number of hydrogen-bond donors (Lipinski definition) is 1. The molecule has 0 amide bonds. The lowest BCUT2D eigenvalue weighted by Gasteiger charge is -2.22. The largest absolute Gasteiger partial charge is 0.350 e. The highest BCUT2D eigenvalue weighted by molar-refractivity contribution is 5.60. The quantitative estimate of drug-likeness (QED) is 0.802. The maximum Gasteiger partial charge on any atom is 0.246 e. The molecule has 1 saturated carbocycles. The molecule has 1 aliphatic carbocycles. The lowest BCUT2D eigenvalue weighted by Crippen LogP contribution is -2.23. The van der Waals surface area contributed by atoms with Crippen molar-refractivity contribution in [3.8, 4) is 11.3 Å². The molecule has 1 aliphatic rings. The molecular weight excluding hydrogens is 274 g/mol. The summed E-state index contributed by atoms with van der Waals surface area (Å²) in [5, 5.41) is 16.7. The second kappa shape index (κ2) is 5.75. The van der Waals surface area contributed by atoms with Gasteiger partial charge in [0.15, 0.2) is 5.65 Å². The summed E-state index contributed by atoms with van der Waals surface area (Å²) in [4.78, 5) is 0. The third-order valence-electron chi connectivity index (χ3n) is 4.27. The topological polar surface area (TPSA) is 55.1 Å². The Kier molecular flexibility index (Phi) is 3.46. The summed E-state index contributed by atoms with van der Waals surface area (Å²) in [6, 6.07) is 14.6. The SMILES string of the molecule is c1ccc(-c2ccc3nnc(NC4CCCCC4)n3n2)cc1.